The highest BCUT2D eigenvalue weighted by molar-refractivity contribution is 5.99. The van der Waals surface area contributed by atoms with Crippen molar-refractivity contribution < 1.29 is 0 Å². The van der Waals surface area contributed by atoms with E-state index in [0.29, 0.717) is 0 Å². The molecule has 0 aliphatic heterocycles. The molecule has 0 amide bonds. The smallest absolute Gasteiger partial charge is 0.0727 e. The lowest BCUT2D eigenvalue weighted by Gasteiger charge is -2.34. The number of benzene rings is 12. The Labute approximate surface area is 464 Å². The highest BCUT2D eigenvalue weighted by Crippen LogP contribution is 2.65. The average Bonchev–Trinajstić information content (AvgIpc) is 2.27. The molecule has 0 radical (unpaired) electrons. The third-order valence-corrected chi connectivity index (χ3v) is 16.5. The molecule has 1 spiro atoms. The topological polar surface area (TPSA) is 6.48 Å². The molecule has 0 aromatic heterocycles. The van der Waals surface area contributed by atoms with Crippen molar-refractivity contribution in [1.29, 1.82) is 0 Å². The highest BCUT2D eigenvalue weighted by atomic mass is 15.2. The van der Waals surface area contributed by atoms with Crippen LogP contribution in [-0.4, -0.2) is 0 Å². The Hall–Kier alpha value is -9.76. The summed E-state index contributed by atoms with van der Waals surface area (Å²) in [4.78, 5) is 4.96. The molecular formula is C77H58N2. The van der Waals surface area contributed by atoms with Gasteiger partial charge in [-0.2, -0.15) is 0 Å². The molecule has 0 N–H and O–H groups in total. The molecule has 1 unspecified atom stereocenters. The minimum Gasteiger partial charge on any atom is -0.310 e. The van der Waals surface area contributed by atoms with Crippen molar-refractivity contribution in [2.75, 3.05) is 9.80 Å². The predicted molar refractivity (Wildman–Crippen MR) is 333 cm³/mol. The van der Waals surface area contributed by atoms with Gasteiger partial charge in [0, 0.05) is 33.9 Å². The molecule has 12 aromatic rings. The van der Waals surface area contributed by atoms with Crippen LogP contribution in [0.15, 0.2) is 297 Å². The van der Waals surface area contributed by atoms with E-state index in [1.807, 2.05) is 0 Å². The van der Waals surface area contributed by atoms with E-state index in [1.54, 1.807) is 0 Å². The highest BCUT2D eigenvalue weighted by Gasteiger charge is 2.52. The van der Waals surface area contributed by atoms with Gasteiger partial charge in [0.1, 0.15) is 0 Å². The van der Waals surface area contributed by atoms with E-state index in [-0.39, 0.29) is 5.41 Å². The van der Waals surface area contributed by atoms with Crippen molar-refractivity contribution in [3.63, 3.8) is 0 Å². The Morgan fingerprint density at radius 1 is 0.241 bits per heavy atom. The third-order valence-electron chi connectivity index (χ3n) is 16.5. The van der Waals surface area contributed by atoms with E-state index in [4.69, 9.17) is 0 Å². The van der Waals surface area contributed by atoms with Gasteiger partial charge < -0.3 is 9.80 Å². The molecule has 2 heteroatoms. The minimum atomic E-state index is -0.673. The van der Waals surface area contributed by atoms with Gasteiger partial charge >= 0.3 is 0 Å². The molecule has 0 fully saturated rings. The van der Waals surface area contributed by atoms with Gasteiger partial charge in [-0.3, -0.25) is 0 Å². The summed E-state index contributed by atoms with van der Waals surface area (Å²) < 4.78 is 0. The van der Waals surface area contributed by atoms with Crippen molar-refractivity contribution in [2.24, 2.45) is 0 Å². The summed E-state index contributed by atoms with van der Waals surface area (Å²) in [5.41, 5.74) is 26.8. The third kappa shape index (κ3) is 8.10. The van der Waals surface area contributed by atoms with E-state index < -0.39 is 5.41 Å². The molecule has 0 saturated carbocycles. The largest absolute Gasteiger partial charge is 0.310 e. The van der Waals surface area contributed by atoms with Crippen LogP contribution >= 0.6 is 0 Å². The van der Waals surface area contributed by atoms with Crippen LogP contribution in [-0.2, 0) is 10.8 Å². The van der Waals surface area contributed by atoms with Gasteiger partial charge in [-0.15, -0.1) is 0 Å². The van der Waals surface area contributed by atoms with Gasteiger partial charge in [-0.1, -0.05) is 257 Å². The van der Waals surface area contributed by atoms with Gasteiger partial charge in [0.25, 0.3) is 0 Å². The molecule has 1 atom stereocenters. The van der Waals surface area contributed by atoms with E-state index in [1.165, 1.54) is 83.5 Å². The second-order valence-corrected chi connectivity index (χ2v) is 22.0. The zero-order valence-electron chi connectivity index (χ0n) is 44.7. The zero-order chi connectivity index (χ0) is 53.1. The molecule has 0 bridgehead atoms. The fourth-order valence-electron chi connectivity index (χ4n) is 12.7. The van der Waals surface area contributed by atoms with Gasteiger partial charge in [0.05, 0.1) is 16.8 Å². The number of hydrogen-bond acceptors (Lipinski definition) is 2. The maximum atomic E-state index is 2.54. The van der Waals surface area contributed by atoms with Crippen molar-refractivity contribution >= 4 is 34.1 Å². The SMILES string of the molecule is CC(C)(C)c1ccc2c(c1)C1(c3ccccc3-c3ccc(N(c4ccc(-c5ccccc5)cc4)c4ccccc4-c4ccccc4)cc31)c1cc(N(c3ccc(-c4ccccc4)cc3)c3ccccc3-c3ccccc3)ccc1-2. The Balaban J connectivity index is 1.02. The first kappa shape index (κ1) is 47.7. The Bertz CT molecular complexity index is 4010. The van der Waals surface area contributed by atoms with Crippen LogP contribution in [0.2, 0.25) is 0 Å². The van der Waals surface area contributed by atoms with Crippen molar-refractivity contribution in [3.05, 3.63) is 325 Å². The van der Waals surface area contributed by atoms with Crippen molar-refractivity contribution in [2.45, 2.75) is 31.6 Å². The monoisotopic (exact) mass is 1010 g/mol. The van der Waals surface area contributed by atoms with Gasteiger partial charge in [-0.05, 0) is 150 Å². The molecule has 0 heterocycles. The van der Waals surface area contributed by atoms with Crippen molar-refractivity contribution in [1.82, 2.24) is 0 Å². The van der Waals surface area contributed by atoms with Gasteiger partial charge in [0.15, 0.2) is 0 Å². The maximum absolute atomic E-state index is 2.54. The molecule has 2 aliphatic carbocycles. The number of rotatable bonds is 10. The van der Waals surface area contributed by atoms with Crippen LogP contribution in [0.4, 0.5) is 34.1 Å². The second-order valence-electron chi connectivity index (χ2n) is 22.0. The lowest BCUT2D eigenvalue weighted by Crippen LogP contribution is -2.27. The Morgan fingerprint density at radius 2 is 0.557 bits per heavy atom. The number of para-hydroxylation sites is 2. The molecule has 0 saturated heterocycles. The number of fused-ring (bicyclic) bond motifs is 10. The van der Waals surface area contributed by atoms with Gasteiger partial charge in [-0.25, -0.2) is 0 Å². The fourth-order valence-corrected chi connectivity index (χ4v) is 12.7. The predicted octanol–water partition coefficient (Wildman–Crippen LogP) is 20.9. The molecule has 14 rings (SSSR count). The summed E-state index contributed by atoms with van der Waals surface area (Å²) in [6, 6.07) is 110. The first-order chi connectivity index (χ1) is 38.8. The normalized spacial score (nSPS) is 13.8. The Kier molecular flexibility index (Phi) is 11.7. The molecule has 2 nitrogen and oxygen atoms in total. The van der Waals surface area contributed by atoms with Crippen molar-refractivity contribution in [3.8, 4) is 66.8 Å². The molecule has 2 aliphatic rings. The van der Waals surface area contributed by atoms with E-state index in [9.17, 15) is 0 Å². The quantitative estimate of drug-likeness (QED) is 0.135. The molecular weight excluding hydrogens is 953 g/mol. The standard InChI is InChI=1S/C77H58N2/c1-76(2,3)59-40-47-67-69-49-46-63(79(61-43-38-56(39-44-61)54-24-10-5-11-25-54)75-35-21-18-31-65(75)58-28-14-7-15-29-58)52-73(69)77(71(67)50-59)70-33-19-16-32-66(70)68-48-45-62(51-72(68)77)78(60-41-36-55(37-42-60)53-22-8-4-9-23-53)74-34-20-17-30-64(74)57-26-12-6-13-27-57/h4-52H,1-3H3. The summed E-state index contributed by atoms with van der Waals surface area (Å²) in [5, 5.41) is 0. The van der Waals surface area contributed by atoms with E-state index >= 15 is 0 Å². The summed E-state index contributed by atoms with van der Waals surface area (Å²) in [6.07, 6.45) is 0. The van der Waals surface area contributed by atoms with Crippen LogP contribution in [0.1, 0.15) is 48.6 Å². The summed E-state index contributed by atoms with van der Waals surface area (Å²) >= 11 is 0. The average molecular weight is 1010 g/mol. The number of nitrogens with zero attached hydrogens (tertiary/aromatic N) is 2. The minimum absolute atomic E-state index is 0.0906. The van der Waals surface area contributed by atoms with Crippen LogP contribution < -0.4 is 9.80 Å². The fraction of sp³-hybridized carbons (Fsp3) is 0.0649. The first-order valence-electron chi connectivity index (χ1n) is 27.6. The summed E-state index contributed by atoms with van der Waals surface area (Å²) in [6.45, 7) is 7.02. The summed E-state index contributed by atoms with van der Waals surface area (Å²) in [7, 11) is 0. The maximum Gasteiger partial charge on any atom is 0.0727 e. The molecule has 12 aromatic carbocycles. The second kappa shape index (κ2) is 19.4. The van der Waals surface area contributed by atoms with Crippen LogP contribution in [0.3, 0.4) is 0 Å². The van der Waals surface area contributed by atoms with Crippen LogP contribution in [0.5, 0.6) is 0 Å². The lowest BCUT2D eigenvalue weighted by atomic mass is 9.69. The number of anilines is 6. The van der Waals surface area contributed by atoms with E-state index in [0.717, 1.165) is 45.3 Å². The van der Waals surface area contributed by atoms with Gasteiger partial charge in [0.2, 0.25) is 0 Å². The number of hydrogen-bond donors (Lipinski definition) is 0. The lowest BCUT2D eigenvalue weighted by molar-refractivity contribution is 0.588. The van der Waals surface area contributed by atoms with Crippen LogP contribution in [0.25, 0.3) is 66.8 Å². The Morgan fingerprint density at radius 3 is 0.987 bits per heavy atom. The van der Waals surface area contributed by atoms with Crippen LogP contribution in [0, 0.1) is 0 Å². The molecule has 79 heavy (non-hydrogen) atoms. The van der Waals surface area contributed by atoms with E-state index in [2.05, 4.69) is 328 Å². The summed E-state index contributed by atoms with van der Waals surface area (Å²) in [5.74, 6) is 0. The first-order valence-corrected chi connectivity index (χ1v) is 27.6. The molecule has 376 valence electrons. The zero-order valence-corrected chi connectivity index (χ0v) is 44.7.